The Bertz CT molecular complexity index is 667. The molecule has 2 aromatic rings. The molecule has 2 nitrogen and oxygen atoms in total. The van der Waals surface area contributed by atoms with Gasteiger partial charge in [-0.15, -0.1) is 0 Å². The van der Waals surface area contributed by atoms with Gasteiger partial charge in [-0.2, -0.15) is 5.26 Å². The molecule has 0 spiro atoms. The third kappa shape index (κ3) is 2.32. The largest absolute Gasteiger partial charge is 0.456 e. The summed E-state index contributed by atoms with van der Waals surface area (Å²) in [6.07, 6.45) is 3.53. The van der Waals surface area contributed by atoms with Crippen LogP contribution in [0.25, 0.3) is 0 Å². The van der Waals surface area contributed by atoms with Crippen LogP contribution >= 0.6 is 0 Å². The molecule has 2 aromatic carbocycles. The van der Waals surface area contributed by atoms with Gasteiger partial charge in [0.15, 0.2) is 0 Å². The molecule has 1 aliphatic rings. The highest BCUT2D eigenvalue weighted by molar-refractivity contribution is 5.48. The molecule has 0 bridgehead atoms. The number of aryl methyl sites for hydroxylation is 3. The maximum Gasteiger partial charge on any atom is 0.145 e. The lowest BCUT2D eigenvalue weighted by molar-refractivity contribution is 0.480. The van der Waals surface area contributed by atoms with Crippen LogP contribution < -0.4 is 4.74 Å². The van der Waals surface area contributed by atoms with Gasteiger partial charge < -0.3 is 4.74 Å². The Morgan fingerprint density at radius 1 is 1.05 bits per heavy atom. The Hall–Kier alpha value is -2.27. The zero-order valence-corrected chi connectivity index (χ0v) is 10.9. The quantitative estimate of drug-likeness (QED) is 0.801. The number of hydrogen-bond acceptors (Lipinski definition) is 2. The van der Waals surface area contributed by atoms with Gasteiger partial charge in [-0.25, -0.2) is 0 Å². The van der Waals surface area contributed by atoms with Crippen molar-refractivity contribution in [2.45, 2.75) is 26.2 Å². The average Bonchev–Trinajstić information content (AvgIpc) is 2.86. The highest BCUT2D eigenvalue weighted by Crippen LogP contribution is 2.30. The van der Waals surface area contributed by atoms with Gasteiger partial charge in [0.05, 0.1) is 5.56 Å². The Balaban J connectivity index is 1.93. The normalized spacial score (nSPS) is 12.8. The van der Waals surface area contributed by atoms with Gasteiger partial charge in [-0.3, -0.25) is 0 Å². The van der Waals surface area contributed by atoms with Crippen molar-refractivity contribution in [1.29, 1.82) is 5.26 Å². The summed E-state index contributed by atoms with van der Waals surface area (Å²) in [5, 5.41) is 9.11. The summed E-state index contributed by atoms with van der Waals surface area (Å²) in [6, 6.07) is 14.0. The van der Waals surface area contributed by atoms with Crippen molar-refractivity contribution < 1.29 is 4.74 Å². The third-order valence-corrected chi connectivity index (χ3v) is 3.56. The van der Waals surface area contributed by atoms with E-state index >= 15 is 0 Å². The summed E-state index contributed by atoms with van der Waals surface area (Å²) in [4.78, 5) is 0. The molecule has 0 saturated heterocycles. The molecule has 3 rings (SSSR count). The van der Waals surface area contributed by atoms with Gasteiger partial charge >= 0.3 is 0 Å². The molecule has 0 amide bonds. The second-order valence-corrected chi connectivity index (χ2v) is 5.00. The predicted octanol–water partition coefficient (Wildman–Crippen LogP) is 4.15. The minimum Gasteiger partial charge on any atom is -0.456 e. The SMILES string of the molecule is Cc1ccc(C#N)c(Oc2ccc3c(c2)CCC3)c1. The van der Waals surface area contributed by atoms with E-state index in [1.54, 1.807) is 6.07 Å². The van der Waals surface area contributed by atoms with Crippen molar-refractivity contribution in [2.75, 3.05) is 0 Å². The summed E-state index contributed by atoms with van der Waals surface area (Å²) in [6.45, 7) is 2.00. The van der Waals surface area contributed by atoms with E-state index in [4.69, 9.17) is 10.00 Å². The minimum absolute atomic E-state index is 0.575. The van der Waals surface area contributed by atoms with E-state index in [2.05, 4.69) is 18.2 Å². The highest BCUT2D eigenvalue weighted by atomic mass is 16.5. The van der Waals surface area contributed by atoms with Crippen LogP contribution in [0.1, 0.15) is 28.7 Å². The maximum absolute atomic E-state index is 9.11. The summed E-state index contributed by atoms with van der Waals surface area (Å²) in [5.41, 5.74) is 4.47. The number of hydrogen-bond donors (Lipinski definition) is 0. The van der Waals surface area contributed by atoms with Crippen LogP contribution in [0, 0.1) is 18.3 Å². The number of fused-ring (bicyclic) bond motifs is 1. The van der Waals surface area contributed by atoms with Crippen molar-refractivity contribution in [1.82, 2.24) is 0 Å². The number of ether oxygens (including phenoxy) is 1. The van der Waals surface area contributed by atoms with Gasteiger partial charge in [-0.1, -0.05) is 12.1 Å². The second-order valence-electron chi connectivity index (χ2n) is 5.00. The van der Waals surface area contributed by atoms with E-state index in [1.807, 2.05) is 25.1 Å². The van der Waals surface area contributed by atoms with Crippen LogP contribution in [-0.2, 0) is 12.8 Å². The zero-order valence-electron chi connectivity index (χ0n) is 10.9. The molecule has 0 heterocycles. The topological polar surface area (TPSA) is 33.0 Å². The lowest BCUT2D eigenvalue weighted by Gasteiger charge is -2.09. The van der Waals surface area contributed by atoms with Crippen molar-refractivity contribution in [3.8, 4) is 17.6 Å². The molecular weight excluding hydrogens is 234 g/mol. The second kappa shape index (κ2) is 4.78. The van der Waals surface area contributed by atoms with E-state index < -0.39 is 0 Å². The molecule has 0 saturated carbocycles. The molecule has 0 N–H and O–H groups in total. The van der Waals surface area contributed by atoms with Crippen molar-refractivity contribution in [3.05, 3.63) is 58.7 Å². The molecular formula is C17H15NO. The first kappa shape index (κ1) is 11.8. The first-order valence-corrected chi connectivity index (χ1v) is 6.57. The Morgan fingerprint density at radius 3 is 2.74 bits per heavy atom. The van der Waals surface area contributed by atoms with Crippen LogP contribution in [0.3, 0.4) is 0 Å². The van der Waals surface area contributed by atoms with Crippen LogP contribution in [-0.4, -0.2) is 0 Å². The number of rotatable bonds is 2. The molecule has 2 heteroatoms. The van der Waals surface area contributed by atoms with Crippen LogP contribution in [0.15, 0.2) is 36.4 Å². The maximum atomic E-state index is 9.11. The first-order chi connectivity index (χ1) is 9.26. The van der Waals surface area contributed by atoms with Crippen LogP contribution in [0.5, 0.6) is 11.5 Å². The zero-order chi connectivity index (χ0) is 13.2. The molecule has 0 aromatic heterocycles. The number of nitriles is 1. The smallest absolute Gasteiger partial charge is 0.145 e. The monoisotopic (exact) mass is 249 g/mol. The fourth-order valence-electron chi connectivity index (χ4n) is 2.55. The highest BCUT2D eigenvalue weighted by Gasteiger charge is 2.12. The van der Waals surface area contributed by atoms with Crippen molar-refractivity contribution >= 4 is 0 Å². The van der Waals surface area contributed by atoms with E-state index in [-0.39, 0.29) is 0 Å². The van der Waals surface area contributed by atoms with E-state index in [0.717, 1.165) is 17.7 Å². The molecule has 19 heavy (non-hydrogen) atoms. The number of nitrogens with zero attached hydrogens (tertiary/aromatic N) is 1. The Morgan fingerprint density at radius 2 is 1.89 bits per heavy atom. The summed E-state index contributed by atoms with van der Waals surface area (Å²) in [7, 11) is 0. The van der Waals surface area contributed by atoms with Gasteiger partial charge in [0.1, 0.15) is 17.6 Å². The number of benzene rings is 2. The van der Waals surface area contributed by atoms with Crippen molar-refractivity contribution in [2.24, 2.45) is 0 Å². The summed E-state index contributed by atoms with van der Waals surface area (Å²) >= 11 is 0. The van der Waals surface area contributed by atoms with Gasteiger partial charge in [-0.05, 0) is 67.1 Å². The average molecular weight is 249 g/mol. The fraction of sp³-hybridized carbons (Fsp3) is 0.235. The standard InChI is InChI=1S/C17H15NO/c1-12-5-6-15(11-18)17(9-12)19-16-8-7-13-3-2-4-14(13)10-16/h5-10H,2-4H2,1H3. The Labute approximate surface area is 113 Å². The molecule has 94 valence electrons. The molecule has 0 fully saturated rings. The minimum atomic E-state index is 0.575. The predicted molar refractivity (Wildman–Crippen MR) is 74.4 cm³/mol. The van der Waals surface area contributed by atoms with Gasteiger partial charge in [0, 0.05) is 0 Å². The summed E-state index contributed by atoms with van der Waals surface area (Å²) in [5.74, 6) is 1.46. The van der Waals surface area contributed by atoms with Gasteiger partial charge in [0.25, 0.3) is 0 Å². The molecule has 1 aliphatic carbocycles. The molecule has 0 atom stereocenters. The summed E-state index contributed by atoms with van der Waals surface area (Å²) < 4.78 is 5.88. The fourth-order valence-corrected chi connectivity index (χ4v) is 2.55. The Kier molecular flexibility index (Phi) is 2.97. The third-order valence-electron chi connectivity index (χ3n) is 3.56. The van der Waals surface area contributed by atoms with Crippen LogP contribution in [0.4, 0.5) is 0 Å². The first-order valence-electron chi connectivity index (χ1n) is 6.57. The van der Waals surface area contributed by atoms with Crippen molar-refractivity contribution in [3.63, 3.8) is 0 Å². The molecule has 0 aliphatic heterocycles. The lowest BCUT2D eigenvalue weighted by atomic mass is 10.1. The van der Waals surface area contributed by atoms with E-state index in [1.165, 1.54) is 24.0 Å². The lowest BCUT2D eigenvalue weighted by Crippen LogP contribution is -1.91. The van der Waals surface area contributed by atoms with E-state index in [9.17, 15) is 0 Å². The molecule has 0 unspecified atom stereocenters. The molecule has 0 radical (unpaired) electrons. The van der Waals surface area contributed by atoms with E-state index in [0.29, 0.717) is 11.3 Å². The van der Waals surface area contributed by atoms with Crippen LogP contribution in [0.2, 0.25) is 0 Å². The van der Waals surface area contributed by atoms with Gasteiger partial charge in [0.2, 0.25) is 0 Å².